The molecule has 0 aliphatic heterocycles. The Morgan fingerprint density at radius 1 is 0.652 bits per heavy atom. The minimum Gasteiger partial charge on any atom is -0.504 e. The molecule has 5 N–H and O–H groups in total. The first-order valence-corrected chi connectivity index (χ1v) is 7.28. The molecule has 2 aromatic rings. The SMILES string of the molecule is Br.Oc1ccc(CCCNCCc2ccc(O)c(O)c2)cc1O. The lowest BCUT2D eigenvalue weighted by Gasteiger charge is -2.07. The second-order valence-corrected chi connectivity index (χ2v) is 5.25. The van der Waals surface area contributed by atoms with Gasteiger partial charge in [-0.2, -0.15) is 0 Å². The van der Waals surface area contributed by atoms with Crippen LogP contribution < -0.4 is 5.32 Å². The Morgan fingerprint density at radius 2 is 1.17 bits per heavy atom. The van der Waals surface area contributed by atoms with Crippen molar-refractivity contribution in [1.29, 1.82) is 0 Å². The molecular weight excluding hydrogens is 362 g/mol. The lowest BCUT2D eigenvalue weighted by Crippen LogP contribution is -2.19. The zero-order chi connectivity index (χ0) is 15.9. The van der Waals surface area contributed by atoms with Crippen LogP contribution in [0.1, 0.15) is 17.5 Å². The number of phenols is 4. The molecule has 0 aliphatic carbocycles. The molecule has 0 spiro atoms. The number of hydrogen-bond acceptors (Lipinski definition) is 5. The van der Waals surface area contributed by atoms with Crippen LogP contribution in [-0.2, 0) is 12.8 Å². The van der Waals surface area contributed by atoms with Crippen molar-refractivity contribution in [2.24, 2.45) is 0 Å². The van der Waals surface area contributed by atoms with Crippen molar-refractivity contribution in [1.82, 2.24) is 5.32 Å². The predicted molar refractivity (Wildman–Crippen MR) is 94.8 cm³/mol. The average Bonchev–Trinajstić information content (AvgIpc) is 2.50. The van der Waals surface area contributed by atoms with Gasteiger partial charge in [-0.05, 0) is 67.7 Å². The van der Waals surface area contributed by atoms with Crippen LogP contribution >= 0.6 is 17.0 Å². The van der Waals surface area contributed by atoms with Gasteiger partial charge >= 0.3 is 0 Å². The van der Waals surface area contributed by atoms with Crippen molar-refractivity contribution in [3.63, 3.8) is 0 Å². The minimum absolute atomic E-state index is 0. The molecule has 0 saturated carbocycles. The summed E-state index contributed by atoms with van der Waals surface area (Å²) < 4.78 is 0. The van der Waals surface area contributed by atoms with Crippen molar-refractivity contribution in [3.05, 3.63) is 47.5 Å². The standard InChI is InChI=1S/C17H21NO4.BrH/c19-14-5-3-12(10-16(14)21)2-1-8-18-9-7-13-4-6-15(20)17(22)11-13;/h3-6,10-11,18-22H,1-2,7-9H2;1H. The predicted octanol–water partition coefficient (Wildman–Crippen LogP) is 2.85. The van der Waals surface area contributed by atoms with Crippen molar-refractivity contribution in [2.75, 3.05) is 13.1 Å². The Morgan fingerprint density at radius 3 is 1.70 bits per heavy atom. The zero-order valence-electron chi connectivity index (χ0n) is 12.7. The van der Waals surface area contributed by atoms with E-state index in [1.165, 1.54) is 12.1 Å². The van der Waals surface area contributed by atoms with Crippen molar-refractivity contribution in [2.45, 2.75) is 19.3 Å². The lowest BCUT2D eigenvalue weighted by atomic mass is 10.1. The van der Waals surface area contributed by atoms with E-state index in [-0.39, 0.29) is 40.0 Å². The van der Waals surface area contributed by atoms with Gasteiger partial charge in [0, 0.05) is 0 Å². The molecule has 0 saturated heterocycles. The smallest absolute Gasteiger partial charge is 0.157 e. The summed E-state index contributed by atoms with van der Waals surface area (Å²) in [5, 5.41) is 40.6. The van der Waals surface area contributed by atoms with E-state index in [4.69, 9.17) is 0 Å². The Balaban J connectivity index is 0.00000264. The van der Waals surface area contributed by atoms with E-state index in [0.717, 1.165) is 43.5 Å². The summed E-state index contributed by atoms with van der Waals surface area (Å²) in [6, 6.07) is 9.71. The Hall–Kier alpha value is -1.92. The minimum atomic E-state index is -0.103. The van der Waals surface area contributed by atoms with Crippen LogP contribution in [0.5, 0.6) is 23.0 Å². The third kappa shape index (κ3) is 6.00. The van der Waals surface area contributed by atoms with Gasteiger partial charge in [0.2, 0.25) is 0 Å². The summed E-state index contributed by atoms with van der Waals surface area (Å²) in [5.41, 5.74) is 1.95. The van der Waals surface area contributed by atoms with Gasteiger partial charge in [0.15, 0.2) is 23.0 Å². The fourth-order valence-electron chi connectivity index (χ4n) is 2.22. The van der Waals surface area contributed by atoms with Crippen molar-refractivity contribution >= 4 is 17.0 Å². The molecule has 23 heavy (non-hydrogen) atoms. The molecule has 0 bridgehead atoms. The summed E-state index contributed by atoms with van der Waals surface area (Å²) in [7, 11) is 0. The van der Waals surface area contributed by atoms with Crippen LogP contribution in [0.25, 0.3) is 0 Å². The number of aromatic hydroxyl groups is 4. The first-order chi connectivity index (χ1) is 10.6. The van der Waals surface area contributed by atoms with Crippen LogP contribution in [0.3, 0.4) is 0 Å². The molecule has 0 fully saturated rings. The molecule has 6 heteroatoms. The third-order valence-corrected chi connectivity index (χ3v) is 3.49. The highest BCUT2D eigenvalue weighted by Gasteiger charge is 2.02. The topological polar surface area (TPSA) is 93.0 Å². The van der Waals surface area contributed by atoms with Gasteiger partial charge in [0.1, 0.15) is 0 Å². The quantitative estimate of drug-likeness (QED) is 0.374. The maximum absolute atomic E-state index is 9.40. The van der Waals surface area contributed by atoms with Crippen LogP contribution in [0.15, 0.2) is 36.4 Å². The first-order valence-electron chi connectivity index (χ1n) is 7.28. The van der Waals surface area contributed by atoms with Gasteiger partial charge in [-0.15, -0.1) is 17.0 Å². The van der Waals surface area contributed by atoms with Crippen LogP contribution in [0.2, 0.25) is 0 Å². The normalized spacial score (nSPS) is 10.3. The van der Waals surface area contributed by atoms with Crippen molar-refractivity contribution < 1.29 is 20.4 Å². The third-order valence-electron chi connectivity index (χ3n) is 3.49. The second kappa shape index (κ2) is 9.27. The Labute approximate surface area is 146 Å². The van der Waals surface area contributed by atoms with Gasteiger partial charge in [-0.1, -0.05) is 12.1 Å². The number of halogens is 1. The largest absolute Gasteiger partial charge is 0.504 e. The highest BCUT2D eigenvalue weighted by Crippen LogP contribution is 2.25. The molecule has 2 rings (SSSR count). The number of rotatable bonds is 7. The van der Waals surface area contributed by atoms with Crippen LogP contribution in [0.4, 0.5) is 0 Å². The van der Waals surface area contributed by atoms with Gasteiger partial charge in [0.05, 0.1) is 0 Å². The number of phenolic OH excluding ortho intramolecular Hbond substituents is 4. The lowest BCUT2D eigenvalue weighted by molar-refractivity contribution is 0.403. The molecule has 0 atom stereocenters. The summed E-state index contributed by atoms with van der Waals surface area (Å²) in [6.07, 6.45) is 2.51. The fraction of sp³-hybridized carbons (Fsp3) is 0.294. The number of hydrogen-bond donors (Lipinski definition) is 5. The average molecular weight is 384 g/mol. The molecule has 0 aliphatic rings. The van der Waals surface area contributed by atoms with E-state index in [1.54, 1.807) is 24.3 Å². The number of benzene rings is 2. The molecule has 0 heterocycles. The number of nitrogens with one attached hydrogen (secondary N) is 1. The van der Waals surface area contributed by atoms with Crippen LogP contribution in [0, 0.1) is 0 Å². The molecular formula is C17H22BrNO4. The maximum atomic E-state index is 9.40. The van der Waals surface area contributed by atoms with E-state index >= 15 is 0 Å². The first kappa shape index (κ1) is 19.1. The van der Waals surface area contributed by atoms with Crippen molar-refractivity contribution in [3.8, 4) is 23.0 Å². The van der Waals surface area contributed by atoms with E-state index in [2.05, 4.69) is 5.32 Å². The van der Waals surface area contributed by atoms with Gasteiger partial charge in [-0.3, -0.25) is 0 Å². The fourth-order valence-corrected chi connectivity index (χ4v) is 2.22. The molecule has 5 nitrogen and oxygen atoms in total. The molecule has 126 valence electrons. The van der Waals surface area contributed by atoms with E-state index in [9.17, 15) is 20.4 Å². The molecule has 0 amide bonds. The van der Waals surface area contributed by atoms with Crippen LogP contribution in [-0.4, -0.2) is 33.5 Å². The summed E-state index contributed by atoms with van der Waals surface area (Å²) in [4.78, 5) is 0. The van der Waals surface area contributed by atoms with E-state index < -0.39 is 0 Å². The highest BCUT2D eigenvalue weighted by molar-refractivity contribution is 8.93. The summed E-state index contributed by atoms with van der Waals surface area (Å²) in [6.45, 7) is 1.62. The van der Waals surface area contributed by atoms with Gasteiger partial charge in [-0.25, -0.2) is 0 Å². The Bertz CT molecular complexity index is 578. The molecule has 0 unspecified atom stereocenters. The molecule has 2 aromatic carbocycles. The summed E-state index contributed by atoms with van der Waals surface area (Å²) in [5.74, 6) is -0.380. The number of aryl methyl sites for hydroxylation is 1. The van der Waals surface area contributed by atoms with Gasteiger partial charge in [0.25, 0.3) is 0 Å². The zero-order valence-corrected chi connectivity index (χ0v) is 14.4. The van der Waals surface area contributed by atoms with E-state index in [0.29, 0.717) is 0 Å². The maximum Gasteiger partial charge on any atom is 0.157 e. The highest BCUT2D eigenvalue weighted by atomic mass is 79.9. The Kier molecular flexibility index (Phi) is 7.71. The monoisotopic (exact) mass is 383 g/mol. The van der Waals surface area contributed by atoms with Gasteiger partial charge < -0.3 is 25.7 Å². The summed E-state index contributed by atoms with van der Waals surface area (Å²) >= 11 is 0. The second-order valence-electron chi connectivity index (χ2n) is 5.25. The van der Waals surface area contributed by atoms with E-state index in [1.807, 2.05) is 0 Å². The molecule has 0 aromatic heterocycles. The molecule has 0 radical (unpaired) electrons.